The second kappa shape index (κ2) is 9.34. The molecule has 0 saturated heterocycles. The number of carbonyl (C=O) groups excluding carboxylic acids is 1. The van der Waals surface area contributed by atoms with Gasteiger partial charge in [0.05, 0.1) is 4.90 Å². The van der Waals surface area contributed by atoms with Crippen molar-refractivity contribution in [1.29, 1.82) is 0 Å². The van der Waals surface area contributed by atoms with Crippen LogP contribution in [-0.4, -0.2) is 20.9 Å². The highest BCUT2D eigenvalue weighted by Crippen LogP contribution is 2.12. The minimum absolute atomic E-state index is 0.119. The smallest absolute Gasteiger partial charge is 0.321 e. The van der Waals surface area contributed by atoms with E-state index in [1.165, 1.54) is 0 Å². The van der Waals surface area contributed by atoms with Gasteiger partial charge < -0.3 is 4.74 Å². The molecule has 0 spiro atoms. The third-order valence-electron chi connectivity index (χ3n) is 3.70. The minimum Gasteiger partial charge on any atom is -0.460 e. The van der Waals surface area contributed by atoms with Gasteiger partial charge >= 0.3 is 5.97 Å². The van der Waals surface area contributed by atoms with Crippen LogP contribution in [0.4, 0.5) is 0 Å². The van der Waals surface area contributed by atoms with E-state index in [0.717, 1.165) is 30.4 Å². The molecular formula is C19H23NO4S. The predicted molar refractivity (Wildman–Crippen MR) is 96.5 cm³/mol. The summed E-state index contributed by atoms with van der Waals surface area (Å²) in [7, 11) is -3.73. The van der Waals surface area contributed by atoms with Gasteiger partial charge in [-0.25, -0.2) is 8.42 Å². The Labute approximate surface area is 149 Å². The quantitative estimate of drug-likeness (QED) is 0.697. The Hall–Kier alpha value is -2.18. The summed E-state index contributed by atoms with van der Waals surface area (Å²) >= 11 is 0. The molecule has 0 aromatic heterocycles. The summed E-state index contributed by atoms with van der Waals surface area (Å²) in [5.41, 5.74) is 1.95. The van der Waals surface area contributed by atoms with Crippen LogP contribution >= 0.6 is 0 Å². The van der Waals surface area contributed by atoms with E-state index in [1.54, 1.807) is 24.3 Å². The van der Waals surface area contributed by atoms with Crippen LogP contribution in [0, 0.1) is 0 Å². The lowest BCUT2D eigenvalue weighted by Gasteiger charge is -2.08. The molecule has 0 unspecified atom stereocenters. The van der Waals surface area contributed by atoms with Crippen LogP contribution in [0.5, 0.6) is 0 Å². The average molecular weight is 361 g/mol. The number of hydrogen-bond acceptors (Lipinski definition) is 4. The number of hydrogen-bond donors (Lipinski definition) is 1. The first-order chi connectivity index (χ1) is 12.0. The van der Waals surface area contributed by atoms with E-state index in [1.807, 2.05) is 30.3 Å². The molecule has 0 amide bonds. The van der Waals surface area contributed by atoms with Gasteiger partial charge in [0.25, 0.3) is 0 Å². The molecule has 0 aliphatic rings. The van der Waals surface area contributed by atoms with E-state index in [4.69, 9.17) is 4.74 Å². The van der Waals surface area contributed by atoms with Crippen molar-refractivity contribution < 1.29 is 17.9 Å². The van der Waals surface area contributed by atoms with Crippen LogP contribution in [-0.2, 0) is 32.6 Å². The van der Waals surface area contributed by atoms with Crippen LogP contribution in [0.25, 0.3) is 0 Å². The molecule has 0 heterocycles. The van der Waals surface area contributed by atoms with Gasteiger partial charge in [0, 0.05) is 0 Å². The first kappa shape index (κ1) is 19.1. The number of ether oxygens (including phenoxy) is 1. The molecule has 6 heteroatoms. The second-order valence-corrected chi connectivity index (χ2v) is 7.49. The largest absolute Gasteiger partial charge is 0.460 e. The second-order valence-electron chi connectivity index (χ2n) is 5.72. The molecule has 1 N–H and O–H groups in total. The molecule has 5 nitrogen and oxygen atoms in total. The zero-order valence-corrected chi connectivity index (χ0v) is 15.1. The molecule has 2 aromatic rings. The SMILES string of the molecule is CCCCc1ccc(S(=O)(=O)NCC(=O)OCc2ccccc2)cc1. The molecule has 0 bridgehead atoms. The Morgan fingerprint density at radius 3 is 2.32 bits per heavy atom. The van der Waals surface area contributed by atoms with Crippen molar-refractivity contribution in [3.8, 4) is 0 Å². The molecule has 0 aliphatic heterocycles. The summed E-state index contributed by atoms with van der Waals surface area (Å²) in [5.74, 6) is -0.619. The Morgan fingerprint density at radius 2 is 1.68 bits per heavy atom. The van der Waals surface area contributed by atoms with Crippen molar-refractivity contribution in [3.63, 3.8) is 0 Å². The minimum atomic E-state index is -3.73. The summed E-state index contributed by atoms with van der Waals surface area (Å²) in [5, 5.41) is 0. The van der Waals surface area contributed by atoms with E-state index in [9.17, 15) is 13.2 Å². The number of aryl methyl sites for hydroxylation is 1. The van der Waals surface area contributed by atoms with Crippen molar-refractivity contribution in [2.75, 3.05) is 6.54 Å². The maximum absolute atomic E-state index is 12.2. The Bertz CT molecular complexity index is 771. The van der Waals surface area contributed by atoms with Crippen LogP contribution in [0.2, 0.25) is 0 Å². The highest BCUT2D eigenvalue weighted by molar-refractivity contribution is 7.89. The predicted octanol–water partition coefficient (Wildman–Crippen LogP) is 3.05. The van der Waals surface area contributed by atoms with Crippen LogP contribution in [0.15, 0.2) is 59.5 Å². The van der Waals surface area contributed by atoms with Crippen molar-refractivity contribution in [2.45, 2.75) is 37.7 Å². The number of rotatable bonds is 9. The van der Waals surface area contributed by atoms with Crippen molar-refractivity contribution >= 4 is 16.0 Å². The highest BCUT2D eigenvalue weighted by atomic mass is 32.2. The van der Waals surface area contributed by atoms with E-state index < -0.39 is 22.5 Å². The van der Waals surface area contributed by atoms with Gasteiger partial charge in [-0.3, -0.25) is 4.79 Å². The van der Waals surface area contributed by atoms with Crippen molar-refractivity contribution in [2.24, 2.45) is 0 Å². The van der Waals surface area contributed by atoms with Crippen LogP contribution in [0.3, 0.4) is 0 Å². The molecule has 2 rings (SSSR count). The number of benzene rings is 2. The Balaban J connectivity index is 1.84. The number of sulfonamides is 1. The maximum atomic E-state index is 12.2. The summed E-state index contributed by atoms with van der Waals surface area (Å²) in [6.07, 6.45) is 3.08. The lowest BCUT2D eigenvalue weighted by atomic mass is 10.1. The third kappa shape index (κ3) is 6.32. The highest BCUT2D eigenvalue weighted by Gasteiger charge is 2.16. The molecule has 0 radical (unpaired) electrons. The van der Waals surface area contributed by atoms with Gasteiger partial charge in [-0.2, -0.15) is 4.72 Å². The van der Waals surface area contributed by atoms with E-state index in [2.05, 4.69) is 11.6 Å². The number of unbranched alkanes of at least 4 members (excludes halogenated alkanes) is 1. The number of nitrogens with one attached hydrogen (secondary N) is 1. The number of esters is 1. The summed E-state index contributed by atoms with van der Waals surface area (Å²) < 4.78 is 31.8. The zero-order chi connectivity index (χ0) is 18.1. The lowest BCUT2D eigenvalue weighted by Crippen LogP contribution is -2.30. The maximum Gasteiger partial charge on any atom is 0.321 e. The fourth-order valence-corrected chi connectivity index (χ4v) is 3.21. The zero-order valence-electron chi connectivity index (χ0n) is 14.3. The first-order valence-electron chi connectivity index (χ1n) is 8.29. The first-order valence-corrected chi connectivity index (χ1v) is 9.78. The molecule has 134 valence electrons. The molecule has 0 saturated carbocycles. The van der Waals surface area contributed by atoms with Crippen LogP contribution in [0.1, 0.15) is 30.9 Å². The molecule has 2 aromatic carbocycles. The Kier molecular flexibility index (Phi) is 7.16. The molecular weight excluding hydrogens is 338 g/mol. The van der Waals surface area contributed by atoms with Crippen molar-refractivity contribution in [1.82, 2.24) is 4.72 Å². The molecule has 0 atom stereocenters. The van der Waals surface area contributed by atoms with Crippen LogP contribution < -0.4 is 4.72 Å². The number of carbonyl (C=O) groups is 1. The molecule has 0 fully saturated rings. The topological polar surface area (TPSA) is 72.5 Å². The van der Waals surface area contributed by atoms with Gasteiger partial charge in [-0.05, 0) is 36.1 Å². The van der Waals surface area contributed by atoms with E-state index in [-0.39, 0.29) is 11.5 Å². The van der Waals surface area contributed by atoms with E-state index in [0.29, 0.717) is 0 Å². The third-order valence-corrected chi connectivity index (χ3v) is 5.12. The van der Waals surface area contributed by atoms with Gasteiger partial charge in [0.15, 0.2) is 0 Å². The summed E-state index contributed by atoms with van der Waals surface area (Å²) in [6, 6.07) is 15.9. The van der Waals surface area contributed by atoms with E-state index >= 15 is 0 Å². The molecule has 0 aliphatic carbocycles. The summed E-state index contributed by atoms with van der Waals surface area (Å²) in [6.45, 7) is 1.83. The fraction of sp³-hybridized carbons (Fsp3) is 0.316. The fourth-order valence-electron chi connectivity index (χ4n) is 2.24. The standard InChI is InChI=1S/C19H23NO4S/c1-2-3-7-16-10-12-18(13-11-16)25(22,23)20-14-19(21)24-15-17-8-5-4-6-9-17/h4-6,8-13,20H,2-3,7,14-15H2,1H3. The average Bonchev–Trinajstić information content (AvgIpc) is 2.64. The Morgan fingerprint density at radius 1 is 1.00 bits per heavy atom. The molecule has 25 heavy (non-hydrogen) atoms. The lowest BCUT2D eigenvalue weighted by molar-refractivity contribution is -0.143. The monoisotopic (exact) mass is 361 g/mol. The van der Waals surface area contributed by atoms with Gasteiger partial charge in [-0.1, -0.05) is 55.8 Å². The van der Waals surface area contributed by atoms with Gasteiger partial charge in [0.2, 0.25) is 10.0 Å². The summed E-state index contributed by atoms with van der Waals surface area (Å²) in [4.78, 5) is 11.9. The normalized spacial score (nSPS) is 11.2. The van der Waals surface area contributed by atoms with Gasteiger partial charge in [-0.15, -0.1) is 0 Å². The van der Waals surface area contributed by atoms with Gasteiger partial charge in [0.1, 0.15) is 13.2 Å². The van der Waals surface area contributed by atoms with Crippen molar-refractivity contribution in [3.05, 3.63) is 65.7 Å².